The number of carboxylic acid groups (broad SMARTS) is 4. The maximum Gasteiger partial charge on any atom is 0.335 e. The molecule has 0 aromatic rings. The molecule has 0 saturated heterocycles. The van der Waals surface area contributed by atoms with Crippen LogP contribution in [-0.4, -0.2) is 133 Å². The predicted molar refractivity (Wildman–Crippen MR) is 84.6 cm³/mol. The molecule has 0 aliphatic heterocycles. The molecule has 0 rings (SSSR count). The van der Waals surface area contributed by atoms with Gasteiger partial charge in [-0.25, -0.2) is 19.2 Å². The van der Waals surface area contributed by atoms with E-state index in [9.17, 15) is 19.2 Å². The molecule has 0 aliphatic carbocycles. The van der Waals surface area contributed by atoms with E-state index in [1.54, 1.807) is 0 Å². The molecule has 0 radical (unpaired) electrons. The van der Waals surface area contributed by atoms with Crippen molar-refractivity contribution in [3.63, 3.8) is 0 Å². The molecule has 4 atom stereocenters. The Bertz CT molecular complexity index is 415. The Hall–Kier alpha value is -2.36. The lowest BCUT2D eigenvalue weighted by molar-refractivity contribution is -0.870. The number of carbonyl (C=O) groups is 4. The minimum Gasteiger partial charge on any atom is -0.479 e. The van der Waals surface area contributed by atoms with Crippen LogP contribution in [-0.2, 0) is 19.2 Å². The van der Waals surface area contributed by atoms with Crippen LogP contribution in [0.25, 0.3) is 0 Å². The highest BCUT2D eigenvalue weighted by Gasteiger charge is 2.30. The first-order valence-electron chi connectivity index (χ1n) is 7.04. The largest absolute Gasteiger partial charge is 0.479 e. The fraction of sp³-hybridized carbons (Fsp3) is 0.692. The second-order valence-corrected chi connectivity index (χ2v) is 5.87. The standard InChI is InChI=1S/C5H14NO.2C4H6O6/c1-6(2,3)4-5-7;2*5-1(3(7)8)2(6)4(9)10/h7H,4-5H2,1-3H3;2*1-2,5-6H,(H,7,8)(H,9,10)/q+1;;. The molecule has 0 spiro atoms. The molecule has 0 fully saturated rings. The third-order valence-corrected chi connectivity index (χ3v) is 2.38. The van der Waals surface area contributed by atoms with E-state index < -0.39 is 48.3 Å². The molecule has 160 valence electrons. The lowest BCUT2D eigenvalue weighted by Crippen LogP contribution is -2.39. The number of aliphatic hydroxyl groups is 5. The van der Waals surface area contributed by atoms with Crippen LogP contribution in [0.4, 0.5) is 0 Å². The molecule has 0 aromatic carbocycles. The van der Waals surface area contributed by atoms with E-state index in [1.165, 1.54) is 0 Å². The van der Waals surface area contributed by atoms with Crippen molar-refractivity contribution in [1.82, 2.24) is 0 Å². The van der Waals surface area contributed by atoms with Gasteiger partial charge in [-0.3, -0.25) is 0 Å². The second kappa shape index (κ2) is 13.8. The summed E-state index contributed by atoms with van der Waals surface area (Å²) in [6.07, 6.45) is -9.06. The van der Waals surface area contributed by atoms with Gasteiger partial charge in [-0.15, -0.1) is 0 Å². The highest BCUT2D eigenvalue weighted by atomic mass is 16.4. The average Bonchev–Trinajstić information content (AvgIpc) is 2.51. The van der Waals surface area contributed by atoms with E-state index >= 15 is 0 Å². The maximum atomic E-state index is 9.77. The van der Waals surface area contributed by atoms with Crippen molar-refractivity contribution in [2.75, 3.05) is 34.3 Å². The van der Waals surface area contributed by atoms with Gasteiger partial charge in [-0.2, -0.15) is 0 Å². The molecule has 0 heterocycles. The van der Waals surface area contributed by atoms with Gasteiger partial charge >= 0.3 is 23.9 Å². The van der Waals surface area contributed by atoms with Crippen LogP contribution in [0.1, 0.15) is 0 Å². The van der Waals surface area contributed by atoms with Crippen molar-refractivity contribution in [2.24, 2.45) is 0 Å². The number of hydrogen-bond acceptors (Lipinski definition) is 9. The van der Waals surface area contributed by atoms with Crippen LogP contribution in [0.15, 0.2) is 0 Å². The van der Waals surface area contributed by atoms with Gasteiger partial charge in [-0.1, -0.05) is 0 Å². The Morgan fingerprint density at radius 1 is 0.630 bits per heavy atom. The quantitative estimate of drug-likeness (QED) is 0.173. The number of hydrogen-bond donors (Lipinski definition) is 9. The van der Waals surface area contributed by atoms with Crippen molar-refractivity contribution >= 4 is 23.9 Å². The van der Waals surface area contributed by atoms with Crippen LogP contribution in [0, 0.1) is 0 Å². The number of likely N-dealkylation sites (N-methyl/N-ethyl adjacent to an activating group) is 1. The number of nitrogens with zero attached hydrogens (tertiary/aromatic N) is 1. The third-order valence-electron chi connectivity index (χ3n) is 2.38. The molecule has 14 nitrogen and oxygen atoms in total. The molecule has 0 saturated carbocycles. The zero-order valence-corrected chi connectivity index (χ0v) is 14.8. The van der Waals surface area contributed by atoms with E-state index in [1.807, 2.05) is 0 Å². The average molecular weight is 404 g/mol. The van der Waals surface area contributed by atoms with E-state index in [0.717, 1.165) is 11.0 Å². The van der Waals surface area contributed by atoms with Crippen LogP contribution in [0.5, 0.6) is 0 Å². The molecule has 0 aromatic heterocycles. The number of aliphatic hydroxyl groups excluding tert-OH is 5. The monoisotopic (exact) mass is 404 g/mol. The maximum absolute atomic E-state index is 9.77. The van der Waals surface area contributed by atoms with Gasteiger partial charge in [-0.05, 0) is 0 Å². The SMILES string of the molecule is C[N+](C)(C)CCO.O=C(O)C(O)C(O)C(=O)O.O=C(O)C(O)C(O)C(=O)O. The van der Waals surface area contributed by atoms with Crippen LogP contribution in [0.3, 0.4) is 0 Å². The summed E-state index contributed by atoms with van der Waals surface area (Å²) in [6.45, 7) is 1.11. The summed E-state index contributed by atoms with van der Waals surface area (Å²) in [5.41, 5.74) is 0. The lowest BCUT2D eigenvalue weighted by Gasteiger charge is -2.21. The lowest BCUT2D eigenvalue weighted by atomic mass is 10.2. The van der Waals surface area contributed by atoms with Crippen molar-refractivity contribution in [2.45, 2.75) is 24.4 Å². The first-order chi connectivity index (χ1) is 12.0. The van der Waals surface area contributed by atoms with E-state index in [-0.39, 0.29) is 6.61 Å². The van der Waals surface area contributed by atoms with Gasteiger partial charge in [0.2, 0.25) is 0 Å². The second-order valence-electron chi connectivity index (χ2n) is 5.87. The zero-order chi connectivity index (χ0) is 22.5. The van der Waals surface area contributed by atoms with Gasteiger partial charge in [0.25, 0.3) is 0 Å². The summed E-state index contributed by atoms with van der Waals surface area (Å²) in [7, 11) is 6.16. The van der Waals surface area contributed by atoms with Crippen LogP contribution < -0.4 is 0 Å². The topological polar surface area (TPSA) is 250 Å². The third kappa shape index (κ3) is 16.8. The van der Waals surface area contributed by atoms with E-state index in [0.29, 0.717) is 0 Å². The van der Waals surface area contributed by atoms with Gasteiger partial charge in [0, 0.05) is 0 Å². The molecule has 0 amide bonds. The smallest absolute Gasteiger partial charge is 0.335 e. The Morgan fingerprint density at radius 3 is 0.852 bits per heavy atom. The van der Waals surface area contributed by atoms with Crippen molar-refractivity contribution in [3.8, 4) is 0 Å². The molecule has 14 heteroatoms. The number of aliphatic carboxylic acids is 4. The molecule has 0 bridgehead atoms. The van der Waals surface area contributed by atoms with Gasteiger partial charge in [0.1, 0.15) is 6.54 Å². The minimum atomic E-state index is -2.27. The molecule has 27 heavy (non-hydrogen) atoms. The summed E-state index contributed by atoms with van der Waals surface area (Å²) >= 11 is 0. The normalized spacial score (nSPS) is 14.8. The van der Waals surface area contributed by atoms with Crippen LogP contribution >= 0.6 is 0 Å². The highest BCUT2D eigenvalue weighted by Crippen LogP contribution is 1.93. The Kier molecular flexibility index (Phi) is 15.0. The minimum absolute atomic E-state index is 0.281. The molecule has 9 N–H and O–H groups in total. The molecule has 0 aliphatic rings. The Balaban J connectivity index is -0.000000326. The summed E-state index contributed by atoms with van der Waals surface area (Å²) in [5, 5.41) is 73.4. The molecular weight excluding hydrogens is 378 g/mol. The van der Waals surface area contributed by atoms with Gasteiger partial charge in [0.15, 0.2) is 24.4 Å². The highest BCUT2D eigenvalue weighted by molar-refractivity contribution is 5.83. The van der Waals surface area contributed by atoms with Crippen molar-refractivity contribution in [3.05, 3.63) is 0 Å². The number of rotatable bonds is 8. The number of quaternary nitrogens is 1. The van der Waals surface area contributed by atoms with Crippen LogP contribution in [0.2, 0.25) is 0 Å². The Labute approximate surface area is 153 Å². The number of carboxylic acids is 4. The first-order valence-corrected chi connectivity index (χ1v) is 7.04. The fourth-order valence-electron chi connectivity index (χ4n) is 0.840. The van der Waals surface area contributed by atoms with Crippen molar-refractivity contribution < 1.29 is 69.6 Å². The van der Waals surface area contributed by atoms with Crippen molar-refractivity contribution in [1.29, 1.82) is 0 Å². The van der Waals surface area contributed by atoms with E-state index in [2.05, 4.69) is 21.1 Å². The molecular formula is C13H26NO13+. The zero-order valence-electron chi connectivity index (χ0n) is 14.8. The summed E-state index contributed by atoms with van der Waals surface area (Å²) in [5.74, 6) is -7.07. The van der Waals surface area contributed by atoms with Gasteiger partial charge < -0.3 is 50.4 Å². The van der Waals surface area contributed by atoms with Gasteiger partial charge in [0.05, 0.1) is 27.7 Å². The summed E-state index contributed by atoms with van der Waals surface area (Å²) in [4.78, 5) is 39.1. The fourth-order valence-corrected chi connectivity index (χ4v) is 0.840. The first kappa shape index (κ1) is 29.4. The predicted octanol–water partition coefficient (Wildman–Crippen LogP) is -4.56. The Morgan fingerprint density at radius 2 is 0.815 bits per heavy atom. The summed E-state index contributed by atoms with van der Waals surface area (Å²) < 4.78 is 0.844. The molecule has 4 unspecified atom stereocenters. The summed E-state index contributed by atoms with van der Waals surface area (Å²) in [6, 6.07) is 0. The van der Waals surface area contributed by atoms with E-state index in [4.69, 9.17) is 46.0 Å².